The second-order valence-corrected chi connectivity index (χ2v) is 7.01. The zero-order valence-corrected chi connectivity index (χ0v) is 15.8. The summed E-state index contributed by atoms with van der Waals surface area (Å²) in [5.41, 5.74) is 4.54. The zero-order chi connectivity index (χ0) is 18.1. The number of halogens is 2. The molecule has 0 fully saturated rings. The van der Waals surface area contributed by atoms with Crippen LogP contribution in [0.25, 0.3) is 33.9 Å². The van der Waals surface area contributed by atoms with Crippen molar-refractivity contribution in [1.82, 2.24) is 24.9 Å². The average Bonchev–Trinajstić information content (AvgIpc) is 3.05. The molecule has 0 atom stereocenters. The number of hydrogen-bond donors (Lipinski definition) is 2. The van der Waals surface area contributed by atoms with Crippen LogP contribution in [0.4, 0.5) is 0 Å². The number of aromatic amines is 1. The molecule has 4 aromatic heterocycles. The van der Waals surface area contributed by atoms with E-state index in [1.807, 2.05) is 24.3 Å². The monoisotopic (exact) mass is 429 g/mol. The molecule has 0 aromatic carbocycles. The van der Waals surface area contributed by atoms with Crippen LogP contribution in [0.5, 0.6) is 0 Å². The van der Waals surface area contributed by atoms with Gasteiger partial charge in [-0.2, -0.15) is 0 Å². The molecule has 4 heterocycles. The first-order valence-electron chi connectivity index (χ1n) is 7.87. The van der Waals surface area contributed by atoms with E-state index in [9.17, 15) is 0 Å². The summed E-state index contributed by atoms with van der Waals surface area (Å²) in [7, 11) is 0. The van der Waals surface area contributed by atoms with Gasteiger partial charge in [-0.15, -0.1) is 0 Å². The predicted octanol–water partition coefficient (Wildman–Crippen LogP) is 4.03. The lowest BCUT2D eigenvalue weighted by atomic mass is 10.1. The summed E-state index contributed by atoms with van der Waals surface area (Å²) in [6.07, 6.45) is 5.66. The molecule has 0 saturated heterocycles. The summed E-state index contributed by atoms with van der Waals surface area (Å²) in [4.78, 5) is 20.8. The third-order valence-corrected chi connectivity index (χ3v) is 4.60. The molecule has 0 spiro atoms. The van der Waals surface area contributed by atoms with Crippen molar-refractivity contribution in [2.24, 2.45) is 0 Å². The van der Waals surface area contributed by atoms with Gasteiger partial charge in [0.1, 0.15) is 5.69 Å². The Balaban J connectivity index is 1.65. The van der Waals surface area contributed by atoms with Crippen LogP contribution >= 0.6 is 27.5 Å². The first kappa shape index (κ1) is 17.1. The Morgan fingerprint density at radius 2 is 1.96 bits per heavy atom. The predicted molar refractivity (Wildman–Crippen MR) is 104 cm³/mol. The lowest BCUT2D eigenvalue weighted by molar-refractivity contribution is 0.299. The third-order valence-electron chi connectivity index (χ3n) is 3.88. The van der Waals surface area contributed by atoms with Crippen molar-refractivity contribution in [2.75, 3.05) is 6.61 Å². The highest BCUT2D eigenvalue weighted by Crippen LogP contribution is 2.27. The Morgan fingerprint density at radius 1 is 1.08 bits per heavy atom. The molecule has 26 heavy (non-hydrogen) atoms. The molecule has 130 valence electrons. The van der Waals surface area contributed by atoms with E-state index in [-0.39, 0.29) is 6.61 Å². The van der Waals surface area contributed by atoms with E-state index < -0.39 is 0 Å². The van der Waals surface area contributed by atoms with Crippen LogP contribution < -0.4 is 0 Å². The van der Waals surface area contributed by atoms with Crippen LogP contribution in [0, 0.1) is 0 Å². The molecule has 0 aliphatic carbocycles. The average molecular weight is 431 g/mol. The number of aliphatic hydroxyl groups is 1. The number of fused-ring (bicyclic) bond motifs is 1. The largest absolute Gasteiger partial charge is 0.396 e. The van der Waals surface area contributed by atoms with Crippen molar-refractivity contribution in [3.8, 4) is 22.8 Å². The highest BCUT2D eigenvalue weighted by atomic mass is 79.9. The molecule has 4 aromatic rings. The number of pyridine rings is 3. The zero-order valence-electron chi connectivity index (χ0n) is 13.4. The maximum Gasteiger partial charge on any atom is 0.178 e. The van der Waals surface area contributed by atoms with Gasteiger partial charge in [0.05, 0.1) is 16.2 Å². The van der Waals surface area contributed by atoms with E-state index in [4.69, 9.17) is 16.7 Å². The number of rotatable bonds is 4. The van der Waals surface area contributed by atoms with E-state index in [0.717, 1.165) is 21.1 Å². The van der Waals surface area contributed by atoms with E-state index in [0.29, 0.717) is 34.3 Å². The van der Waals surface area contributed by atoms with Gasteiger partial charge in [0.25, 0.3) is 0 Å². The molecule has 0 saturated carbocycles. The minimum absolute atomic E-state index is 0.0660. The van der Waals surface area contributed by atoms with Gasteiger partial charge in [-0.25, -0.2) is 9.97 Å². The number of imidazole rings is 1. The normalized spacial score (nSPS) is 11.2. The van der Waals surface area contributed by atoms with Crippen LogP contribution in [-0.4, -0.2) is 36.6 Å². The molecule has 0 bridgehead atoms. The molecule has 6 nitrogen and oxygen atoms in total. The highest BCUT2D eigenvalue weighted by molar-refractivity contribution is 9.10. The smallest absolute Gasteiger partial charge is 0.178 e. The van der Waals surface area contributed by atoms with Crippen LogP contribution in [-0.2, 0) is 6.42 Å². The van der Waals surface area contributed by atoms with Crippen molar-refractivity contribution in [2.45, 2.75) is 6.42 Å². The lowest BCUT2D eigenvalue weighted by Crippen LogP contribution is -1.94. The van der Waals surface area contributed by atoms with Gasteiger partial charge in [-0.1, -0.05) is 11.6 Å². The van der Waals surface area contributed by atoms with Gasteiger partial charge in [-0.3, -0.25) is 9.97 Å². The van der Waals surface area contributed by atoms with Gasteiger partial charge in [0, 0.05) is 35.2 Å². The summed E-state index contributed by atoms with van der Waals surface area (Å²) in [6, 6.07) is 7.50. The van der Waals surface area contributed by atoms with Crippen LogP contribution in [0.2, 0.25) is 5.02 Å². The number of hydrogen-bond acceptors (Lipinski definition) is 5. The molecule has 0 aliphatic heterocycles. The SMILES string of the molecule is OCCc1cnc(-c2ccc(-c3nc4ncc(Br)cc4[nH]3)nc2)c(Cl)c1. The molecule has 0 amide bonds. The fraction of sp³-hybridized carbons (Fsp3) is 0.111. The standard InChI is InChI=1S/C18H13BrClN5O/c19-12-6-15-17(23-9-12)25-18(24-15)14-2-1-11(8-21-14)16-13(20)5-10(3-4-26)7-22-16/h1-2,5-9,26H,3-4H2,(H,23,24,25). The minimum Gasteiger partial charge on any atom is -0.396 e. The van der Waals surface area contributed by atoms with Crippen molar-refractivity contribution in [3.05, 3.63) is 57.9 Å². The summed E-state index contributed by atoms with van der Waals surface area (Å²) >= 11 is 9.72. The Morgan fingerprint density at radius 3 is 2.69 bits per heavy atom. The van der Waals surface area contributed by atoms with Gasteiger partial charge >= 0.3 is 0 Å². The van der Waals surface area contributed by atoms with E-state index >= 15 is 0 Å². The van der Waals surface area contributed by atoms with Crippen molar-refractivity contribution < 1.29 is 5.11 Å². The van der Waals surface area contributed by atoms with Gasteiger partial charge in [0.2, 0.25) is 0 Å². The molecule has 4 rings (SSSR count). The Bertz CT molecular complexity index is 1080. The topological polar surface area (TPSA) is 87.6 Å². The van der Waals surface area contributed by atoms with Crippen molar-refractivity contribution in [1.29, 1.82) is 0 Å². The first-order valence-corrected chi connectivity index (χ1v) is 9.04. The maximum atomic E-state index is 9.01. The van der Waals surface area contributed by atoms with Gasteiger partial charge < -0.3 is 10.1 Å². The number of nitrogens with one attached hydrogen (secondary N) is 1. The summed E-state index contributed by atoms with van der Waals surface area (Å²) < 4.78 is 0.883. The summed E-state index contributed by atoms with van der Waals surface area (Å²) in [5.74, 6) is 0.648. The lowest BCUT2D eigenvalue weighted by Gasteiger charge is -2.06. The molecule has 0 unspecified atom stereocenters. The second kappa shape index (κ2) is 7.11. The highest BCUT2D eigenvalue weighted by Gasteiger charge is 2.11. The third kappa shape index (κ3) is 3.33. The number of H-pyrrole nitrogens is 1. The minimum atomic E-state index is 0.0660. The second-order valence-electron chi connectivity index (χ2n) is 5.69. The van der Waals surface area contributed by atoms with Crippen LogP contribution in [0.15, 0.2) is 47.3 Å². The summed E-state index contributed by atoms with van der Waals surface area (Å²) in [5, 5.41) is 9.54. The van der Waals surface area contributed by atoms with E-state index in [1.54, 1.807) is 18.6 Å². The number of nitrogens with zero attached hydrogens (tertiary/aromatic N) is 4. The van der Waals surface area contributed by atoms with E-state index in [1.165, 1.54) is 0 Å². The van der Waals surface area contributed by atoms with Crippen molar-refractivity contribution >= 4 is 38.7 Å². The fourth-order valence-electron chi connectivity index (χ4n) is 2.63. The maximum absolute atomic E-state index is 9.01. The molecular weight excluding hydrogens is 418 g/mol. The number of aromatic nitrogens is 5. The van der Waals surface area contributed by atoms with E-state index in [2.05, 4.69) is 40.8 Å². The number of aliphatic hydroxyl groups excluding tert-OH is 1. The fourth-order valence-corrected chi connectivity index (χ4v) is 3.25. The quantitative estimate of drug-likeness (QED) is 0.510. The van der Waals surface area contributed by atoms with Crippen LogP contribution in [0.1, 0.15) is 5.56 Å². The summed E-state index contributed by atoms with van der Waals surface area (Å²) in [6.45, 7) is 0.0660. The Kier molecular flexibility index (Phi) is 4.67. The van der Waals surface area contributed by atoms with Gasteiger partial charge in [-0.05, 0) is 52.2 Å². The van der Waals surface area contributed by atoms with Crippen molar-refractivity contribution in [3.63, 3.8) is 0 Å². The molecule has 0 aliphatic rings. The Hall–Kier alpha value is -2.35. The van der Waals surface area contributed by atoms with Crippen LogP contribution in [0.3, 0.4) is 0 Å². The molecule has 8 heteroatoms. The Labute approximate surface area is 162 Å². The molecule has 0 radical (unpaired) electrons. The first-order chi connectivity index (χ1) is 12.6. The molecular formula is C18H13BrClN5O. The van der Waals surface area contributed by atoms with Gasteiger partial charge in [0.15, 0.2) is 11.5 Å². The molecule has 2 N–H and O–H groups in total.